The largest absolute Gasteiger partial charge is 0.462 e. The lowest BCUT2D eigenvalue weighted by Gasteiger charge is -2.68. The molecule has 5 aliphatic carbocycles. The Labute approximate surface area is 287 Å². The number of hydrogen-bond donors (Lipinski definition) is 2. The van der Waals surface area contributed by atoms with Gasteiger partial charge in [0.2, 0.25) is 0 Å². The second-order valence-corrected chi connectivity index (χ2v) is 18.3. The average Bonchev–Trinajstić information content (AvgIpc) is 3.58. The van der Waals surface area contributed by atoms with Crippen molar-refractivity contribution in [1.29, 1.82) is 0 Å². The summed E-state index contributed by atoms with van der Waals surface area (Å²) in [6, 6.07) is 9.81. The Morgan fingerprint density at radius 1 is 0.938 bits per heavy atom. The topological polar surface area (TPSA) is 102 Å². The highest BCUT2D eigenvalue weighted by molar-refractivity contribution is 5.87. The quantitative estimate of drug-likeness (QED) is 0.247. The third-order valence-electron chi connectivity index (χ3n) is 15.5. The number of carbonyl (C=O) groups is 2. The molecule has 0 radical (unpaired) electrons. The molecule has 0 amide bonds. The minimum atomic E-state index is -1.08. The van der Waals surface area contributed by atoms with E-state index >= 15 is 0 Å². The summed E-state index contributed by atoms with van der Waals surface area (Å²) >= 11 is 0. The molecule has 0 bridgehead atoms. The van der Waals surface area contributed by atoms with Crippen LogP contribution in [-0.2, 0) is 23.8 Å². The molecule has 1 saturated heterocycles. The summed E-state index contributed by atoms with van der Waals surface area (Å²) in [5.74, 6) is 0.839. The third-order valence-corrected chi connectivity index (χ3v) is 15.5. The molecule has 6 aliphatic rings. The summed E-state index contributed by atoms with van der Waals surface area (Å²) in [6.07, 6.45) is 10.6. The van der Waals surface area contributed by atoms with Gasteiger partial charge in [0.05, 0.1) is 18.3 Å². The average molecular weight is 663 g/mol. The van der Waals surface area contributed by atoms with Crippen LogP contribution >= 0.6 is 0 Å². The van der Waals surface area contributed by atoms with Gasteiger partial charge in [0, 0.05) is 23.8 Å². The summed E-state index contributed by atoms with van der Waals surface area (Å²) in [6.45, 7) is 15.1. The van der Waals surface area contributed by atoms with Crippen molar-refractivity contribution in [1.82, 2.24) is 0 Å². The first kappa shape index (κ1) is 34.2. The maximum absolute atomic E-state index is 13.1. The molecule has 0 unspecified atom stereocenters. The predicted molar refractivity (Wildman–Crippen MR) is 183 cm³/mol. The van der Waals surface area contributed by atoms with Crippen molar-refractivity contribution in [3.05, 3.63) is 42.0 Å². The van der Waals surface area contributed by atoms with Crippen molar-refractivity contribution in [3.8, 4) is 0 Å². The molecule has 7 heteroatoms. The van der Waals surface area contributed by atoms with Crippen LogP contribution in [0.25, 0.3) is 6.08 Å². The van der Waals surface area contributed by atoms with E-state index in [4.69, 9.17) is 14.2 Å². The van der Waals surface area contributed by atoms with Gasteiger partial charge >= 0.3 is 11.9 Å². The van der Waals surface area contributed by atoms with E-state index in [1.807, 2.05) is 36.4 Å². The van der Waals surface area contributed by atoms with Gasteiger partial charge in [-0.1, -0.05) is 58.0 Å². The monoisotopic (exact) mass is 662 g/mol. The van der Waals surface area contributed by atoms with Crippen molar-refractivity contribution in [3.63, 3.8) is 0 Å². The van der Waals surface area contributed by atoms with Crippen molar-refractivity contribution in [2.75, 3.05) is 6.61 Å². The molecule has 1 aliphatic heterocycles. The van der Waals surface area contributed by atoms with Gasteiger partial charge in [0.25, 0.3) is 0 Å². The van der Waals surface area contributed by atoms with Crippen LogP contribution in [-0.4, -0.2) is 58.8 Å². The molecule has 264 valence electrons. The molecule has 1 heterocycles. The van der Waals surface area contributed by atoms with Gasteiger partial charge in [-0.15, -0.1) is 0 Å². The fourth-order valence-electron chi connectivity index (χ4n) is 13.6. The van der Waals surface area contributed by atoms with E-state index in [0.29, 0.717) is 24.9 Å². The molecule has 0 aromatic heterocycles. The fourth-order valence-corrected chi connectivity index (χ4v) is 13.6. The van der Waals surface area contributed by atoms with E-state index < -0.39 is 17.8 Å². The van der Waals surface area contributed by atoms with Crippen LogP contribution in [0.2, 0.25) is 0 Å². The van der Waals surface area contributed by atoms with Crippen molar-refractivity contribution >= 4 is 18.0 Å². The van der Waals surface area contributed by atoms with Gasteiger partial charge in [-0.2, -0.15) is 0 Å². The lowest BCUT2D eigenvalue weighted by molar-refractivity contribution is -0.251. The van der Waals surface area contributed by atoms with Gasteiger partial charge in [-0.25, -0.2) is 4.79 Å². The molecule has 12 atom stereocenters. The lowest BCUT2D eigenvalue weighted by atomic mass is 9.37. The number of aliphatic hydroxyl groups is 2. The molecule has 5 saturated carbocycles. The van der Waals surface area contributed by atoms with Gasteiger partial charge in [-0.3, -0.25) is 4.79 Å². The Kier molecular flexibility index (Phi) is 8.13. The highest BCUT2D eigenvalue weighted by Crippen LogP contribution is 2.91. The van der Waals surface area contributed by atoms with E-state index in [-0.39, 0.29) is 63.1 Å². The van der Waals surface area contributed by atoms with Crippen LogP contribution in [0, 0.1) is 50.7 Å². The summed E-state index contributed by atoms with van der Waals surface area (Å²) in [7, 11) is 0. The summed E-state index contributed by atoms with van der Waals surface area (Å²) in [5.41, 5.74) is -0.236. The Hall–Kier alpha value is -2.22. The van der Waals surface area contributed by atoms with Crippen molar-refractivity contribution in [2.24, 2.45) is 50.7 Å². The molecule has 6 fully saturated rings. The first-order valence-corrected chi connectivity index (χ1v) is 18.6. The second-order valence-electron chi connectivity index (χ2n) is 18.3. The summed E-state index contributed by atoms with van der Waals surface area (Å²) in [5, 5.41) is 21.7. The van der Waals surface area contributed by atoms with Crippen LogP contribution in [0.5, 0.6) is 0 Å². The second kappa shape index (κ2) is 11.4. The van der Waals surface area contributed by atoms with E-state index in [2.05, 4.69) is 27.7 Å². The minimum absolute atomic E-state index is 0.0311. The first-order valence-electron chi connectivity index (χ1n) is 18.6. The Bertz CT molecular complexity index is 1450. The van der Waals surface area contributed by atoms with Crippen LogP contribution in [0.15, 0.2) is 36.4 Å². The van der Waals surface area contributed by atoms with E-state index in [0.717, 1.165) is 56.9 Å². The van der Waals surface area contributed by atoms with E-state index in [1.165, 1.54) is 0 Å². The number of benzene rings is 1. The minimum Gasteiger partial charge on any atom is -0.462 e. The zero-order valence-corrected chi connectivity index (χ0v) is 30.2. The number of rotatable bonds is 6. The maximum atomic E-state index is 13.1. The van der Waals surface area contributed by atoms with Gasteiger partial charge in [0.15, 0.2) is 0 Å². The number of ether oxygens (including phenoxy) is 3. The molecule has 48 heavy (non-hydrogen) atoms. The Morgan fingerprint density at radius 3 is 2.33 bits per heavy atom. The zero-order chi connectivity index (χ0) is 34.5. The maximum Gasteiger partial charge on any atom is 0.331 e. The molecule has 1 aromatic rings. The predicted octanol–water partition coefficient (Wildman–Crippen LogP) is 7.13. The summed E-state index contributed by atoms with van der Waals surface area (Å²) in [4.78, 5) is 25.9. The number of esters is 2. The van der Waals surface area contributed by atoms with E-state index in [1.54, 1.807) is 26.8 Å². The van der Waals surface area contributed by atoms with Crippen LogP contribution < -0.4 is 0 Å². The number of fused-ring (bicyclic) bond motifs is 3. The van der Waals surface area contributed by atoms with E-state index in [9.17, 15) is 19.8 Å². The Balaban J connectivity index is 1.14. The zero-order valence-electron chi connectivity index (χ0n) is 30.2. The normalized spacial score (nSPS) is 46.1. The molecule has 0 spiro atoms. The van der Waals surface area contributed by atoms with Crippen LogP contribution in [0.3, 0.4) is 0 Å². The molecular weight excluding hydrogens is 604 g/mol. The first-order chi connectivity index (χ1) is 22.5. The van der Waals surface area contributed by atoms with Gasteiger partial charge < -0.3 is 24.4 Å². The van der Waals surface area contributed by atoms with Crippen LogP contribution in [0.4, 0.5) is 0 Å². The standard InChI is InChI=1S/C41H58O7/c1-25(42)47-33-22-31-36(2,3)32(48-34(44)14-13-26-11-9-8-10-12-26)17-18-38(31,6)30-16-19-40-24-41(40,39(30,33)7)20-15-28(40)27-21-29(43)35(46-23-27)37(4,5)45/h8-14,27-33,35,43,45H,15-24H2,1-7H3/t27-,28-,29+,30+,31-,32+,33+,35+,38+,39-,40+,41+/m0/s1. The fraction of sp³-hybridized carbons (Fsp3) is 0.756. The SMILES string of the molecule is CC(=O)O[C@@H]1C[C@H]2C(C)(C)[C@H](OC(=O)C=Cc3ccccc3)CC[C@]2(C)[C@H]2CC[C@]34C[C@]3(CC[C@H]4[C@@H]3CO[C@@H](C(C)(C)O)[C@H](O)C3)[C@@]21C. The third kappa shape index (κ3) is 4.91. The van der Waals surface area contributed by atoms with Gasteiger partial charge in [0.1, 0.15) is 18.3 Å². The molecule has 1 aromatic carbocycles. The number of aliphatic hydroxyl groups excluding tert-OH is 1. The van der Waals surface area contributed by atoms with Crippen LogP contribution in [0.1, 0.15) is 112 Å². The molecular formula is C41H58O7. The highest BCUT2D eigenvalue weighted by Gasteiger charge is 2.86. The Morgan fingerprint density at radius 2 is 1.67 bits per heavy atom. The van der Waals surface area contributed by atoms with Crippen molar-refractivity contribution in [2.45, 2.75) is 136 Å². The smallest absolute Gasteiger partial charge is 0.331 e. The summed E-state index contributed by atoms with van der Waals surface area (Å²) < 4.78 is 18.9. The molecule has 2 N–H and O–H groups in total. The molecule has 7 rings (SSSR count). The molecule has 7 nitrogen and oxygen atoms in total. The lowest BCUT2D eigenvalue weighted by Crippen LogP contribution is -2.67. The number of carbonyl (C=O) groups excluding carboxylic acids is 2. The van der Waals surface area contributed by atoms with Crippen molar-refractivity contribution < 1.29 is 34.0 Å². The highest BCUT2D eigenvalue weighted by atomic mass is 16.5. The number of hydrogen-bond acceptors (Lipinski definition) is 7. The van der Waals surface area contributed by atoms with Gasteiger partial charge in [-0.05, 0) is 123 Å².